The third kappa shape index (κ3) is 4.26. The Labute approximate surface area is 96.7 Å². The minimum absolute atomic E-state index is 0.319. The lowest BCUT2D eigenvalue weighted by Crippen LogP contribution is -1.98. The summed E-state index contributed by atoms with van der Waals surface area (Å²) in [5.41, 5.74) is 7.36. The highest BCUT2D eigenvalue weighted by molar-refractivity contribution is 5.62. The number of nitrogens with two attached hydrogens (primary N) is 1. The molecule has 0 atom stereocenters. The Morgan fingerprint density at radius 1 is 0.812 bits per heavy atom. The molecule has 0 aromatic heterocycles. The second-order valence-electron chi connectivity index (χ2n) is 3.19. The third-order valence-corrected chi connectivity index (χ3v) is 2.05. The van der Waals surface area contributed by atoms with Gasteiger partial charge in [0.05, 0.1) is 6.73 Å². The standard InChI is InChI=1S/C12H10.C2H7NO/c1-3-7-11(8-4-1)12-9-5-2-6-10-12;1-4-2-3/h1-10H;2-3H2,1H3. The minimum Gasteiger partial charge on any atom is -0.370 e. The lowest BCUT2D eigenvalue weighted by Gasteiger charge is -1.98. The summed E-state index contributed by atoms with van der Waals surface area (Å²) >= 11 is 0. The van der Waals surface area contributed by atoms with Gasteiger partial charge in [-0.05, 0) is 11.1 Å². The molecule has 0 unspecified atom stereocenters. The van der Waals surface area contributed by atoms with Gasteiger partial charge in [-0.2, -0.15) is 0 Å². The maximum atomic E-state index is 4.81. The van der Waals surface area contributed by atoms with Crippen LogP contribution in [0.2, 0.25) is 0 Å². The molecule has 0 radical (unpaired) electrons. The largest absolute Gasteiger partial charge is 0.370 e. The number of rotatable bonds is 2. The maximum absolute atomic E-state index is 4.81. The van der Waals surface area contributed by atoms with Crippen LogP contribution in [0.4, 0.5) is 0 Å². The van der Waals surface area contributed by atoms with Crippen LogP contribution in [0.1, 0.15) is 0 Å². The first kappa shape index (κ1) is 12.4. The van der Waals surface area contributed by atoms with Gasteiger partial charge in [-0.25, -0.2) is 0 Å². The van der Waals surface area contributed by atoms with Crippen molar-refractivity contribution in [1.82, 2.24) is 0 Å². The topological polar surface area (TPSA) is 35.2 Å². The van der Waals surface area contributed by atoms with Crippen molar-refractivity contribution in [2.24, 2.45) is 5.73 Å². The number of benzene rings is 2. The van der Waals surface area contributed by atoms with Gasteiger partial charge in [-0.15, -0.1) is 0 Å². The van der Waals surface area contributed by atoms with Crippen molar-refractivity contribution in [3.05, 3.63) is 60.7 Å². The number of ether oxygens (including phenoxy) is 1. The monoisotopic (exact) mass is 215 g/mol. The smallest absolute Gasteiger partial charge is 0.0936 e. The van der Waals surface area contributed by atoms with Crippen LogP contribution in [-0.4, -0.2) is 13.8 Å². The van der Waals surface area contributed by atoms with Crippen molar-refractivity contribution in [3.63, 3.8) is 0 Å². The van der Waals surface area contributed by atoms with Crippen LogP contribution in [0.3, 0.4) is 0 Å². The molecular weight excluding hydrogens is 198 g/mol. The zero-order valence-electron chi connectivity index (χ0n) is 9.47. The van der Waals surface area contributed by atoms with Crippen LogP contribution >= 0.6 is 0 Å². The predicted molar refractivity (Wildman–Crippen MR) is 67.9 cm³/mol. The van der Waals surface area contributed by atoms with Gasteiger partial charge < -0.3 is 10.5 Å². The summed E-state index contributed by atoms with van der Waals surface area (Å²) in [5, 5.41) is 0. The van der Waals surface area contributed by atoms with Gasteiger partial charge in [-0.1, -0.05) is 60.7 Å². The van der Waals surface area contributed by atoms with Crippen LogP contribution < -0.4 is 5.73 Å². The van der Waals surface area contributed by atoms with E-state index in [1.165, 1.54) is 11.1 Å². The summed E-state index contributed by atoms with van der Waals surface area (Å²) < 4.78 is 4.32. The molecule has 0 aliphatic heterocycles. The van der Waals surface area contributed by atoms with Crippen LogP contribution in [0, 0.1) is 0 Å². The molecule has 0 spiro atoms. The number of hydrogen-bond donors (Lipinski definition) is 1. The third-order valence-electron chi connectivity index (χ3n) is 2.05. The zero-order valence-corrected chi connectivity index (χ0v) is 9.47. The SMILES string of the molecule is COCN.c1ccc(-c2ccccc2)cc1. The molecule has 2 nitrogen and oxygen atoms in total. The van der Waals surface area contributed by atoms with Crippen molar-refractivity contribution in [2.75, 3.05) is 13.8 Å². The molecule has 2 aromatic rings. The van der Waals surface area contributed by atoms with E-state index in [1.807, 2.05) is 12.1 Å². The van der Waals surface area contributed by atoms with E-state index >= 15 is 0 Å². The highest BCUT2D eigenvalue weighted by atomic mass is 16.5. The van der Waals surface area contributed by atoms with E-state index in [0.29, 0.717) is 6.73 Å². The molecule has 84 valence electrons. The fraction of sp³-hybridized carbons (Fsp3) is 0.143. The van der Waals surface area contributed by atoms with E-state index < -0.39 is 0 Å². The Kier molecular flexibility index (Phi) is 5.92. The molecule has 0 amide bonds. The molecule has 0 heterocycles. The van der Waals surface area contributed by atoms with Crippen molar-refractivity contribution in [2.45, 2.75) is 0 Å². The summed E-state index contributed by atoms with van der Waals surface area (Å²) in [4.78, 5) is 0. The van der Waals surface area contributed by atoms with Gasteiger partial charge in [0, 0.05) is 7.11 Å². The molecule has 2 aromatic carbocycles. The molecule has 2 N–H and O–H groups in total. The Bertz CT molecular complexity index is 333. The summed E-state index contributed by atoms with van der Waals surface area (Å²) in [5.74, 6) is 0. The van der Waals surface area contributed by atoms with E-state index in [2.05, 4.69) is 53.3 Å². The molecule has 0 aliphatic rings. The van der Waals surface area contributed by atoms with E-state index in [-0.39, 0.29) is 0 Å². The zero-order chi connectivity index (χ0) is 11.6. The van der Waals surface area contributed by atoms with Gasteiger partial charge in [0.1, 0.15) is 0 Å². The van der Waals surface area contributed by atoms with Gasteiger partial charge in [-0.3, -0.25) is 0 Å². The Morgan fingerprint density at radius 2 is 1.12 bits per heavy atom. The predicted octanol–water partition coefficient (Wildman–Crippen LogP) is 2.90. The first-order valence-corrected chi connectivity index (χ1v) is 5.18. The van der Waals surface area contributed by atoms with Crippen molar-refractivity contribution >= 4 is 0 Å². The van der Waals surface area contributed by atoms with Crippen LogP contribution in [-0.2, 0) is 4.74 Å². The molecule has 0 aliphatic carbocycles. The summed E-state index contributed by atoms with van der Waals surface area (Å²) in [6.45, 7) is 0.319. The minimum atomic E-state index is 0.319. The van der Waals surface area contributed by atoms with E-state index in [4.69, 9.17) is 5.73 Å². The summed E-state index contributed by atoms with van der Waals surface area (Å²) in [6.07, 6.45) is 0. The quantitative estimate of drug-likeness (QED) is 0.782. The molecule has 0 saturated carbocycles. The average molecular weight is 215 g/mol. The lowest BCUT2D eigenvalue weighted by molar-refractivity contribution is 0.207. The van der Waals surface area contributed by atoms with Crippen LogP contribution in [0.25, 0.3) is 11.1 Å². The van der Waals surface area contributed by atoms with Crippen molar-refractivity contribution in [3.8, 4) is 11.1 Å². The first-order valence-electron chi connectivity index (χ1n) is 5.18. The van der Waals surface area contributed by atoms with Gasteiger partial charge in [0.25, 0.3) is 0 Å². The molecule has 0 fully saturated rings. The van der Waals surface area contributed by atoms with Crippen molar-refractivity contribution < 1.29 is 4.74 Å². The summed E-state index contributed by atoms with van der Waals surface area (Å²) in [6, 6.07) is 20.8. The Hall–Kier alpha value is -1.64. The fourth-order valence-corrected chi connectivity index (χ4v) is 1.26. The average Bonchev–Trinajstić information content (AvgIpc) is 2.41. The Morgan fingerprint density at radius 3 is 1.38 bits per heavy atom. The van der Waals surface area contributed by atoms with Crippen LogP contribution in [0.5, 0.6) is 0 Å². The van der Waals surface area contributed by atoms with Crippen LogP contribution in [0.15, 0.2) is 60.7 Å². The first-order chi connectivity index (χ1) is 7.88. The molecule has 2 heteroatoms. The van der Waals surface area contributed by atoms with Gasteiger partial charge in [0.15, 0.2) is 0 Å². The highest BCUT2D eigenvalue weighted by Gasteiger charge is 1.91. The van der Waals surface area contributed by atoms with Gasteiger partial charge >= 0.3 is 0 Å². The molecule has 0 saturated heterocycles. The summed E-state index contributed by atoms with van der Waals surface area (Å²) in [7, 11) is 1.56. The molecule has 16 heavy (non-hydrogen) atoms. The van der Waals surface area contributed by atoms with E-state index in [9.17, 15) is 0 Å². The van der Waals surface area contributed by atoms with E-state index in [0.717, 1.165) is 0 Å². The second kappa shape index (κ2) is 7.63. The molecule has 2 rings (SSSR count). The normalized spacial score (nSPS) is 9.12. The van der Waals surface area contributed by atoms with Crippen molar-refractivity contribution in [1.29, 1.82) is 0 Å². The number of hydrogen-bond acceptors (Lipinski definition) is 2. The van der Waals surface area contributed by atoms with Gasteiger partial charge in [0.2, 0.25) is 0 Å². The number of methoxy groups -OCH3 is 1. The Balaban J connectivity index is 0.000000280. The lowest BCUT2D eigenvalue weighted by atomic mass is 10.1. The maximum Gasteiger partial charge on any atom is 0.0936 e. The second-order valence-corrected chi connectivity index (χ2v) is 3.19. The fourth-order valence-electron chi connectivity index (χ4n) is 1.26. The highest BCUT2D eigenvalue weighted by Crippen LogP contribution is 2.17. The van der Waals surface area contributed by atoms with E-state index in [1.54, 1.807) is 7.11 Å². The molecule has 0 bridgehead atoms. The molecular formula is C14H17NO.